The van der Waals surface area contributed by atoms with E-state index in [0.717, 1.165) is 5.56 Å². The van der Waals surface area contributed by atoms with Gasteiger partial charge in [0.15, 0.2) is 0 Å². The van der Waals surface area contributed by atoms with Gasteiger partial charge in [0.05, 0.1) is 11.4 Å². The lowest BCUT2D eigenvalue weighted by Gasteiger charge is -2.28. The molecule has 2 aromatic rings. The molecule has 0 fully saturated rings. The van der Waals surface area contributed by atoms with Crippen LogP contribution in [0.3, 0.4) is 0 Å². The third-order valence-electron chi connectivity index (χ3n) is 3.69. The maximum atomic E-state index is 12.5. The summed E-state index contributed by atoms with van der Waals surface area (Å²) < 4.78 is 0. The molecule has 0 unspecified atom stereocenters. The number of fused-ring (bicyclic) bond motifs is 1. The topological polar surface area (TPSA) is 78.5 Å². The van der Waals surface area contributed by atoms with Crippen LogP contribution >= 0.6 is 0 Å². The van der Waals surface area contributed by atoms with Gasteiger partial charge in [0, 0.05) is 18.7 Å². The van der Waals surface area contributed by atoms with Gasteiger partial charge >= 0.3 is 0 Å². The highest BCUT2D eigenvalue weighted by molar-refractivity contribution is 6.13. The average molecular weight is 335 g/mol. The Bertz CT molecular complexity index is 856. The molecule has 0 aromatic heterocycles. The molecule has 0 radical (unpaired) electrons. The molecular formula is C19H17N3O3. The Balaban J connectivity index is 1.75. The van der Waals surface area contributed by atoms with E-state index in [0.29, 0.717) is 17.1 Å². The number of carbonyl (C=O) groups is 3. The van der Waals surface area contributed by atoms with Crippen molar-refractivity contribution in [2.24, 2.45) is 0 Å². The largest absolute Gasteiger partial charge is 0.326 e. The maximum Gasteiger partial charge on any atom is 0.251 e. The minimum atomic E-state index is -0.270. The van der Waals surface area contributed by atoms with Crippen LogP contribution in [-0.2, 0) is 14.4 Å². The van der Waals surface area contributed by atoms with Crippen molar-refractivity contribution in [3.05, 3.63) is 60.2 Å². The highest BCUT2D eigenvalue weighted by atomic mass is 16.2. The highest BCUT2D eigenvalue weighted by Crippen LogP contribution is 2.29. The van der Waals surface area contributed by atoms with Gasteiger partial charge in [0.2, 0.25) is 11.8 Å². The third kappa shape index (κ3) is 3.92. The van der Waals surface area contributed by atoms with Gasteiger partial charge < -0.3 is 10.6 Å². The number of benzene rings is 2. The van der Waals surface area contributed by atoms with Crippen LogP contribution in [0.15, 0.2) is 54.6 Å². The zero-order chi connectivity index (χ0) is 17.8. The predicted molar refractivity (Wildman–Crippen MR) is 97.2 cm³/mol. The Morgan fingerprint density at radius 1 is 1.12 bits per heavy atom. The number of nitrogens with one attached hydrogen (secondary N) is 2. The number of carbonyl (C=O) groups excluding carboxylic acids is 3. The van der Waals surface area contributed by atoms with Gasteiger partial charge in [0.25, 0.3) is 5.91 Å². The van der Waals surface area contributed by atoms with Crippen molar-refractivity contribution in [1.29, 1.82) is 0 Å². The van der Waals surface area contributed by atoms with Crippen molar-refractivity contribution in [3.8, 4) is 0 Å². The first-order chi connectivity index (χ1) is 12.0. The molecule has 6 nitrogen and oxygen atoms in total. The summed E-state index contributed by atoms with van der Waals surface area (Å²) >= 11 is 0. The smallest absolute Gasteiger partial charge is 0.251 e. The van der Waals surface area contributed by atoms with Gasteiger partial charge in [-0.05, 0) is 35.9 Å². The van der Waals surface area contributed by atoms with Crippen LogP contribution in [0, 0.1) is 0 Å². The van der Waals surface area contributed by atoms with Crippen LogP contribution in [0.5, 0.6) is 0 Å². The lowest BCUT2D eigenvalue weighted by Crippen LogP contribution is -2.41. The Morgan fingerprint density at radius 3 is 2.56 bits per heavy atom. The fraction of sp³-hybridized carbons (Fsp3) is 0.105. The van der Waals surface area contributed by atoms with Gasteiger partial charge in [-0.3, -0.25) is 19.3 Å². The van der Waals surface area contributed by atoms with Gasteiger partial charge in [-0.2, -0.15) is 0 Å². The molecule has 6 heteroatoms. The van der Waals surface area contributed by atoms with Crippen LogP contribution in [0.25, 0.3) is 6.08 Å². The SMILES string of the molecule is CC(=O)Nc1ccc(/C=C/C(=O)N2CC(=O)Nc3ccccc32)cc1. The minimum absolute atomic E-state index is 0.0122. The number of rotatable bonds is 3. The lowest BCUT2D eigenvalue weighted by atomic mass is 10.1. The molecule has 1 aliphatic rings. The average Bonchev–Trinajstić information content (AvgIpc) is 2.59. The van der Waals surface area contributed by atoms with E-state index in [9.17, 15) is 14.4 Å². The minimum Gasteiger partial charge on any atom is -0.326 e. The van der Waals surface area contributed by atoms with Crippen molar-refractivity contribution >= 4 is 40.9 Å². The monoisotopic (exact) mass is 335 g/mol. The van der Waals surface area contributed by atoms with Gasteiger partial charge in [0.1, 0.15) is 6.54 Å². The van der Waals surface area contributed by atoms with Crippen LogP contribution < -0.4 is 15.5 Å². The van der Waals surface area contributed by atoms with Gasteiger partial charge in [-0.25, -0.2) is 0 Å². The second-order valence-electron chi connectivity index (χ2n) is 5.63. The molecule has 3 amide bonds. The van der Waals surface area contributed by atoms with E-state index in [4.69, 9.17) is 0 Å². The number of hydrogen-bond donors (Lipinski definition) is 2. The first-order valence-corrected chi connectivity index (χ1v) is 7.79. The Morgan fingerprint density at radius 2 is 1.84 bits per heavy atom. The molecule has 1 heterocycles. The van der Waals surface area contributed by atoms with Crippen LogP contribution in [0.2, 0.25) is 0 Å². The predicted octanol–water partition coefficient (Wildman–Crippen LogP) is 2.64. The Hall–Kier alpha value is -3.41. The van der Waals surface area contributed by atoms with E-state index >= 15 is 0 Å². The summed E-state index contributed by atoms with van der Waals surface area (Å²) in [5.74, 6) is -0.631. The summed E-state index contributed by atoms with van der Waals surface area (Å²) in [6, 6.07) is 14.3. The Labute approximate surface area is 145 Å². The van der Waals surface area contributed by atoms with E-state index in [1.165, 1.54) is 17.9 Å². The third-order valence-corrected chi connectivity index (χ3v) is 3.69. The van der Waals surface area contributed by atoms with E-state index in [-0.39, 0.29) is 24.3 Å². The number of amides is 3. The molecule has 1 aliphatic heterocycles. The van der Waals surface area contributed by atoms with Crippen LogP contribution in [0.4, 0.5) is 17.1 Å². The Kier molecular flexibility index (Phi) is 4.61. The zero-order valence-electron chi connectivity index (χ0n) is 13.7. The summed E-state index contributed by atoms with van der Waals surface area (Å²) in [6.07, 6.45) is 3.11. The molecule has 0 saturated carbocycles. The quantitative estimate of drug-likeness (QED) is 0.847. The first-order valence-electron chi connectivity index (χ1n) is 7.79. The number of para-hydroxylation sites is 2. The summed E-state index contributed by atoms with van der Waals surface area (Å²) in [6.45, 7) is 1.43. The van der Waals surface area contributed by atoms with Crippen molar-refractivity contribution in [1.82, 2.24) is 0 Å². The second-order valence-corrected chi connectivity index (χ2v) is 5.63. The molecule has 2 N–H and O–H groups in total. The summed E-state index contributed by atoms with van der Waals surface area (Å²) in [7, 11) is 0. The molecule has 0 saturated heterocycles. The lowest BCUT2D eigenvalue weighted by molar-refractivity contribution is -0.119. The van der Waals surface area contributed by atoms with Gasteiger partial charge in [-0.1, -0.05) is 24.3 Å². The number of anilines is 3. The van der Waals surface area contributed by atoms with Crippen molar-refractivity contribution < 1.29 is 14.4 Å². The molecule has 126 valence electrons. The van der Waals surface area contributed by atoms with Crippen molar-refractivity contribution in [2.75, 3.05) is 22.1 Å². The van der Waals surface area contributed by atoms with E-state index in [1.54, 1.807) is 48.5 Å². The molecular weight excluding hydrogens is 318 g/mol. The molecule has 2 aromatic carbocycles. The fourth-order valence-electron chi connectivity index (χ4n) is 2.57. The second kappa shape index (κ2) is 7.00. The van der Waals surface area contributed by atoms with Crippen molar-refractivity contribution in [3.63, 3.8) is 0 Å². The summed E-state index contributed by atoms with van der Waals surface area (Å²) in [4.78, 5) is 36.7. The highest BCUT2D eigenvalue weighted by Gasteiger charge is 2.24. The molecule has 0 bridgehead atoms. The maximum absolute atomic E-state index is 12.5. The molecule has 3 rings (SSSR count). The summed E-state index contributed by atoms with van der Waals surface area (Å²) in [5, 5.41) is 5.43. The van der Waals surface area contributed by atoms with Crippen LogP contribution in [-0.4, -0.2) is 24.3 Å². The number of nitrogens with zero attached hydrogens (tertiary/aromatic N) is 1. The number of hydrogen-bond acceptors (Lipinski definition) is 3. The zero-order valence-corrected chi connectivity index (χ0v) is 13.7. The van der Waals surface area contributed by atoms with Gasteiger partial charge in [-0.15, -0.1) is 0 Å². The molecule has 25 heavy (non-hydrogen) atoms. The standard InChI is InChI=1S/C19H17N3O3/c1-13(23)20-15-9-6-14(7-10-15)8-11-19(25)22-12-18(24)21-16-4-2-3-5-17(16)22/h2-11H,12H2,1H3,(H,20,23)(H,21,24)/b11-8+. The van der Waals surface area contributed by atoms with E-state index < -0.39 is 0 Å². The van der Waals surface area contributed by atoms with E-state index in [1.807, 2.05) is 6.07 Å². The molecule has 0 atom stereocenters. The first kappa shape index (κ1) is 16.4. The van der Waals surface area contributed by atoms with Crippen molar-refractivity contribution in [2.45, 2.75) is 6.92 Å². The summed E-state index contributed by atoms with van der Waals surface area (Å²) in [5.41, 5.74) is 2.81. The molecule has 0 spiro atoms. The van der Waals surface area contributed by atoms with E-state index in [2.05, 4.69) is 10.6 Å². The van der Waals surface area contributed by atoms with Crippen LogP contribution in [0.1, 0.15) is 12.5 Å². The molecule has 0 aliphatic carbocycles. The normalized spacial score (nSPS) is 13.3. The fourth-order valence-corrected chi connectivity index (χ4v) is 2.57.